The predicted octanol–water partition coefficient (Wildman–Crippen LogP) is 1.08. The van der Waals surface area contributed by atoms with Crippen molar-refractivity contribution in [1.29, 1.82) is 0 Å². The fourth-order valence-corrected chi connectivity index (χ4v) is 1.36. The number of hydrogen-bond donors (Lipinski definition) is 2. The Morgan fingerprint density at radius 1 is 1.25 bits per heavy atom. The van der Waals surface area contributed by atoms with Crippen LogP contribution in [0.15, 0.2) is 24.3 Å². The molecule has 1 aromatic carbocycles. The highest BCUT2D eigenvalue weighted by Crippen LogP contribution is 2.23. The number of aliphatic carboxylic acids is 1. The molecule has 0 radical (unpaired) electrons. The predicted molar refractivity (Wildman–Crippen MR) is 60.0 cm³/mol. The zero-order valence-corrected chi connectivity index (χ0v) is 9.36. The number of primary amides is 1. The Hall–Kier alpha value is -1.84. The van der Waals surface area contributed by atoms with E-state index in [9.17, 15) is 9.59 Å². The molecule has 0 saturated carbocycles. The first-order valence-electron chi connectivity index (χ1n) is 4.95. The van der Waals surface area contributed by atoms with Gasteiger partial charge in [0.25, 0.3) is 0 Å². The summed E-state index contributed by atoms with van der Waals surface area (Å²) in [5, 5.41) is 9.04. The highest BCUT2D eigenvalue weighted by molar-refractivity contribution is 5.80. The van der Waals surface area contributed by atoms with Crippen molar-refractivity contribution < 1.29 is 14.7 Å². The van der Waals surface area contributed by atoms with Crippen molar-refractivity contribution in [3.8, 4) is 0 Å². The molecule has 0 aromatic heterocycles. The number of hydrogen-bond acceptors (Lipinski definition) is 2. The lowest BCUT2D eigenvalue weighted by Gasteiger charge is -2.19. The van der Waals surface area contributed by atoms with Gasteiger partial charge in [-0.15, -0.1) is 0 Å². The van der Waals surface area contributed by atoms with E-state index in [2.05, 4.69) is 0 Å². The van der Waals surface area contributed by atoms with Crippen molar-refractivity contribution in [2.24, 2.45) is 5.73 Å². The number of carboxylic acids is 1. The molecule has 0 aliphatic rings. The molecule has 0 aliphatic carbocycles. The van der Waals surface area contributed by atoms with E-state index < -0.39 is 17.3 Å². The second kappa shape index (κ2) is 4.35. The van der Waals surface area contributed by atoms with Crippen LogP contribution in [-0.4, -0.2) is 17.0 Å². The zero-order valence-electron chi connectivity index (χ0n) is 9.36. The molecule has 0 aliphatic heterocycles. The summed E-state index contributed by atoms with van der Waals surface area (Å²) in [6.45, 7) is 3.27. The summed E-state index contributed by atoms with van der Waals surface area (Å²) < 4.78 is 0. The average molecular weight is 221 g/mol. The van der Waals surface area contributed by atoms with Gasteiger partial charge in [0.15, 0.2) is 0 Å². The Balaban J connectivity index is 2.95. The number of amides is 1. The molecular formula is C12H15NO3. The summed E-state index contributed by atoms with van der Waals surface area (Å²) in [4.78, 5) is 21.7. The van der Waals surface area contributed by atoms with Gasteiger partial charge in [0.1, 0.15) is 0 Å². The van der Waals surface area contributed by atoms with Crippen molar-refractivity contribution in [2.75, 3.05) is 0 Å². The van der Waals surface area contributed by atoms with Gasteiger partial charge in [-0.1, -0.05) is 24.3 Å². The Kier molecular flexibility index (Phi) is 3.32. The Morgan fingerprint density at radius 3 is 2.12 bits per heavy atom. The molecule has 0 saturated heterocycles. The lowest BCUT2D eigenvalue weighted by Crippen LogP contribution is -2.28. The molecule has 86 valence electrons. The Labute approximate surface area is 94.1 Å². The number of carboxylic acid groups (broad SMARTS) is 1. The van der Waals surface area contributed by atoms with Gasteiger partial charge in [-0.05, 0) is 25.0 Å². The second-order valence-electron chi connectivity index (χ2n) is 4.27. The molecule has 0 unspecified atom stereocenters. The maximum absolute atomic E-state index is 11.0. The molecule has 1 aromatic rings. The van der Waals surface area contributed by atoms with Gasteiger partial charge in [0.05, 0.1) is 11.8 Å². The van der Waals surface area contributed by atoms with Crippen molar-refractivity contribution in [3.05, 3.63) is 35.4 Å². The molecule has 3 N–H and O–H groups in total. The van der Waals surface area contributed by atoms with E-state index in [0.717, 1.165) is 5.56 Å². The Morgan fingerprint density at radius 2 is 1.75 bits per heavy atom. The minimum absolute atomic E-state index is 0.174. The first-order chi connectivity index (χ1) is 7.34. The van der Waals surface area contributed by atoms with E-state index in [1.165, 1.54) is 0 Å². The van der Waals surface area contributed by atoms with Gasteiger partial charge >= 0.3 is 5.97 Å². The minimum Gasteiger partial charge on any atom is -0.481 e. The number of carbonyl (C=O) groups excluding carboxylic acids is 1. The quantitative estimate of drug-likeness (QED) is 0.798. The third kappa shape index (κ3) is 2.59. The molecule has 0 fully saturated rings. The molecule has 1 rings (SSSR count). The van der Waals surface area contributed by atoms with E-state index in [0.29, 0.717) is 5.56 Å². The van der Waals surface area contributed by atoms with Crippen LogP contribution in [-0.2, 0) is 21.4 Å². The lowest BCUT2D eigenvalue weighted by molar-refractivity contribution is -0.142. The first-order valence-corrected chi connectivity index (χ1v) is 4.95. The van der Waals surface area contributed by atoms with Crippen LogP contribution in [0.2, 0.25) is 0 Å². The van der Waals surface area contributed by atoms with Crippen molar-refractivity contribution >= 4 is 11.9 Å². The van der Waals surface area contributed by atoms with Crippen LogP contribution in [0.1, 0.15) is 25.0 Å². The molecule has 4 nitrogen and oxygen atoms in total. The van der Waals surface area contributed by atoms with E-state index in [-0.39, 0.29) is 6.42 Å². The van der Waals surface area contributed by atoms with E-state index >= 15 is 0 Å². The maximum atomic E-state index is 11.0. The topological polar surface area (TPSA) is 80.4 Å². The molecule has 4 heteroatoms. The van der Waals surface area contributed by atoms with Gasteiger partial charge in [0, 0.05) is 0 Å². The largest absolute Gasteiger partial charge is 0.481 e. The number of carbonyl (C=O) groups is 2. The molecule has 0 bridgehead atoms. The lowest BCUT2D eigenvalue weighted by atomic mass is 9.84. The van der Waals surface area contributed by atoms with Gasteiger partial charge < -0.3 is 10.8 Å². The number of nitrogens with two attached hydrogens (primary N) is 1. The molecular weight excluding hydrogens is 206 g/mol. The van der Waals surface area contributed by atoms with Gasteiger partial charge in [-0.25, -0.2) is 0 Å². The maximum Gasteiger partial charge on any atom is 0.313 e. The summed E-state index contributed by atoms with van der Waals surface area (Å²) in [5.41, 5.74) is 5.63. The van der Waals surface area contributed by atoms with Gasteiger partial charge in [0.2, 0.25) is 5.91 Å². The summed E-state index contributed by atoms with van der Waals surface area (Å²) in [6, 6.07) is 6.88. The monoisotopic (exact) mass is 221 g/mol. The van der Waals surface area contributed by atoms with E-state index in [4.69, 9.17) is 10.8 Å². The van der Waals surface area contributed by atoms with Gasteiger partial charge in [-0.3, -0.25) is 9.59 Å². The van der Waals surface area contributed by atoms with Crippen LogP contribution in [0.25, 0.3) is 0 Å². The zero-order chi connectivity index (χ0) is 12.3. The second-order valence-corrected chi connectivity index (χ2v) is 4.27. The fourth-order valence-electron chi connectivity index (χ4n) is 1.36. The highest BCUT2D eigenvalue weighted by atomic mass is 16.4. The van der Waals surface area contributed by atoms with E-state index in [1.54, 1.807) is 38.1 Å². The van der Waals surface area contributed by atoms with Crippen LogP contribution < -0.4 is 5.73 Å². The molecule has 0 atom stereocenters. The smallest absolute Gasteiger partial charge is 0.313 e. The van der Waals surface area contributed by atoms with Crippen LogP contribution >= 0.6 is 0 Å². The summed E-state index contributed by atoms with van der Waals surface area (Å²) >= 11 is 0. The third-order valence-corrected chi connectivity index (χ3v) is 2.59. The average Bonchev–Trinajstić information content (AvgIpc) is 2.17. The van der Waals surface area contributed by atoms with Crippen molar-refractivity contribution in [2.45, 2.75) is 25.7 Å². The molecule has 0 heterocycles. The van der Waals surface area contributed by atoms with Crippen LogP contribution in [0, 0.1) is 0 Å². The summed E-state index contributed by atoms with van der Waals surface area (Å²) in [6.07, 6.45) is 0.174. The minimum atomic E-state index is -0.925. The van der Waals surface area contributed by atoms with Crippen LogP contribution in [0.3, 0.4) is 0 Å². The number of benzene rings is 1. The third-order valence-electron chi connectivity index (χ3n) is 2.59. The molecule has 16 heavy (non-hydrogen) atoms. The molecule has 0 spiro atoms. The van der Waals surface area contributed by atoms with Gasteiger partial charge in [-0.2, -0.15) is 0 Å². The SMILES string of the molecule is CC(C)(C(=O)O)c1ccc(CC(N)=O)cc1. The molecule has 1 amide bonds. The number of rotatable bonds is 4. The standard InChI is InChI=1S/C12H15NO3/c1-12(2,11(15)16)9-5-3-8(4-6-9)7-10(13)14/h3-6H,7H2,1-2H3,(H2,13,14)(H,15,16). The van der Waals surface area contributed by atoms with Crippen molar-refractivity contribution in [1.82, 2.24) is 0 Å². The normalized spacial score (nSPS) is 11.1. The summed E-state index contributed by atoms with van der Waals surface area (Å²) in [5.74, 6) is -1.28. The Bertz CT molecular complexity index is 407. The van der Waals surface area contributed by atoms with Crippen LogP contribution in [0.4, 0.5) is 0 Å². The van der Waals surface area contributed by atoms with E-state index in [1.807, 2.05) is 0 Å². The summed E-state index contributed by atoms with van der Waals surface area (Å²) in [7, 11) is 0. The fraction of sp³-hybridized carbons (Fsp3) is 0.333. The first kappa shape index (κ1) is 12.2. The highest BCUT2D eigenvalue weighted by Gasteiger charge is 2.29. The van der Waals surface area contributed by atoms with Crippen LogP contribution in [0.5, 0.6) is 0 Å². The van der Waals surface area contributed by atoms with Crippen molar-refractivity contribution in [3.63, 3.8) is 0 Å².